The number of esters is 1. The fourth-order valence-corrected chi connectivity index (χ4v) is 5.13. The van der Waals surface area contributed by atoms with Gasteiger partial charge in [-0.2, -0.15) is 9.29 Å². The summed E-state index contributed by atoms with van der Waals surface area (Å²) in [6.07, 6.45) is -0.422. The van der Waals surface area contributed by atoms with Crippen molar-refractivity contribution in [3.8, 4) is 11.4 Å². The van der Waals surface area contributed by atoms with Crippen molar-refractivity contribution in [3.05, 3.63) is 66.1 Å². The molecule has 168 valence electrons. The highest BCUT2D eigenvalue weighted by Gasteiger charge is 2.32. The zero-order chi connectivity index (χ0) is 22.7. The van der Waals surface area contributed by atoms with Gasteiger partial charge in [-0.3, -0.25) is 0 Å². The van der Waals surface area contributed by atoms with Crippen molar-refractivity contribution in [3.63, 3.8) is 0 Å². The molecular weight excluding hydrogens is 434 g/mol. The summed E-state index contributed by atoms with van der Waals surface area (Å²) < 4.78 is 43.5. The van der Waals surface area contributed by atoms with Gasteiger partial charge in [0.05, 0.1) is 22.7 Å². The van der Waals surface area contributed by atoms with E-state index in [4.69, 9.17) is 14.0 Å². The molecular formula is C22H23N3O6S. The summed E-state index contributed by atoms with van der Waals surface area (Å²) in [5.74, 6) is -0.166. The molecule has 0 spiro atoms. The van der Waals surface area contributed by atoms with Crippen LogP contribution in [-0.4, -0.2) is 54.1 Å². The molecule has 2 aromatic carbocycles. The molecule has 0 N–H and O–H groups in total. The average Bonchev–Trinajstić information content (AvgIpc) is 3.26. The molecule has 2 atom stereocenters. The predicted octanol–water partition coefficient (Wildman–Crippen LogP) is 2.89. The van der Waals surface area contributed by atoms with Gasteiger partial charge in [-0.1, -0.05) is 41.6 Å². The Morgan fingerprint density at radius 1 is 1.09 bits per heavy atom. The molecule has 3 aromatic rings. The van der Waals surface area contributed by atoms with Crippen LogP contribution in [0.3, 0.4) is 0 Å². The highest BCUT2D eigenvalue weighted by atomic mass is 32.2. The lowest BCUT2D eigenvalue weighted by Gasteiger charge is -2.34. The van der Waals surface area contributed by atoms with Crippen LogP contribution in [0.5, 0.6) is 0 Å². The van der Waals surface area contributed by atoms with E-state index in [0.29, 0.717) is 5.82 Å². The maximum Gasteiger partial charge on any atom is 0.338 e. The van der Waals surface area contributed by atoms with E-state index in [9.17, 15) is 13.2 Å². The smallest absolute Gasteiger partial charge is 0.338 e. The second-order valence-corrected chi connectivity index (χ2v) is 9.50. The van der Waals surface area contributed by atoms with Crippen LogP contribution in [0.25, 0.3) is 11.4 Å². The second-order valence-electron chi connectivity index (χ2n) is 7.56. The number of aromatic nitrogens is 2. The summed E-state index contributed by atoms with van der Waals surface area (Å²) in [4.78, 5) is 16.7. The molecule has 1 aliphatic rings. The lowest BCUT2D eigenvalue weighted by molar-refractivity contribution is -0.0440. The van der Waals surface area contributed by atoms with Crippen LogP contribution >= 0.6 is 0 Å². The van der Waals surface area contributed by atoms with Gasteiger partial charge in [-0.05, 0) is 32.0 Å². The molecule has 2 heterocycles. The standard InChI is InChI=1S/C22H23N3O6S/c1-15-12-25(13-16(2)30-15)32(27,28)19-10-6-9-18(11-19)22(26)29-14-20-23-21(24-31-20)17-7-4-3-5-8-17/h3-11,15-16H,12-14H2,1-2H3/t15-,16+. The first-order valence-corrected chi connectivity index (χ1v) is 11.6. The van der Waals surface area contributed by atoms with Gasteiger partial charge in [0.15, 0.2) is 6.61 Å². The number of morpholine rings is 1. The third-order valence-electron chi connectivity index (χ3n) is 4.92. The molecule has 0 amide bonds. The maximum absolute atomic E-state index is 13.1. The van der Waals surface area contributed by atoms with E-state index in [0.717, 1.165) is 5.56 Å². The van der Waals surface area contributed by atoms with Crippen LogP contribution in [0.1, 0.15) is 30.1 Å². The van der Waals surface area contributed by atoms with Crippen LogP contribution < -0.4 is 0 Å². The third kappa shape index (κ3) is 4.87. The first-order chi connectivity index (χ1) is 15.3. The van der Waals surface area contributed by atoms with E-state index in [1.807, 2.05) is 44.2 Å². The van der Waals surface area contributed by atoms with E-state index in [-0.39, 0.29) is 48.3 Å². The SMILES string of the molecule is C[C@@H]1CN(S(=O)(=O)c2cccc(C(=O)OCc3nc(-c4ccccc4)no3)c2)C[C@H](C)O1. The van der Waals surface area contributed by atoms with E-state index in [1.54, 1.807) is 0 Å². The molecule has 0 aliphatic carbocycles. The zero-order valence-corrected chi connectivity index (χ0v) is 18.5. The molecule has 1 fully saturated rings. The van der Waals surface area contributed by atoms with Crippen LogP contribution in [-0.2, 0) is 26.1 Å². The minimum atomic E-state index is -3.77. The molecule has 0 bridgehead atoms. The van der Waals surface area contributed by atoms with Crippen molar-refractivity contribution in [2.45, 2.75) is 37.6 Å². The van der Waals surface area contributed by atoms with E-state index in [2.05, 4.69) is 10.1 Å². The number of carbonyl (C=O) groups is 1. The van der Waals surface area contributed by atoms with Crippen molar-refractivity contribution in [1.82, 2.24) is 14.4 Å². The summed E-state index contributed by atoms with van der Waals surface area (Å²) in [7, 11) is -3.77. The average molecular weight is 458 g/mol. The van der Waals surface area contributed by atoms with Gasteiger partial charge in [0.1, 0.15) is 0 Å². The second kappa shape index (κ2) is 9.19. The molecule has 0 radical (unpaired) electrons. The fraction of sp³-hybridized carbons (Fsp3) is 0.318. The van der Waals surface area contributed by atoms with Crippen molar-refractivity contribution < 1.29 is 27.2 Å². The summed E-state index contributed by atoms with van der Waals surface area (Å²) in [5, 5.41) is 3.88. The summed E-state index contributed by atoms with van der Waals surface area (Å²) >= 11 is 0. The summed E-state index contributed by atoms with van der Waals surface area (Å²) in [6, 6.07) is 15.0. The number of rotatable bonds is 6. The van der Waals surface area contributed by atoms with E-state index < -0.39 is 16.0 Å². The molecule has 9 nitrogen and oxygen atoms in total. The normalized spacial score (nSPS) is 19.6. The molecule has 10 heteroatoms. The lowest BCUT2D eigenvalue weighted by atomic mass is 10.2. The minimum Gasteiger partial charge on any atom is -0.452 e. The highest BCUT2D eigenvalue weighted by molar-refractivity contribution is 7.89. The van der Waals surface area contributed by atoms with Gasteiger partial charge in [-0.25, -0.2) is 13.2 Å². The molecule has 0 saturated carbocycles. The number of carbonyl (C=O) groups excluding carboxylic acids is 1. The monoisotopic (exact) mass is 457 g/mol. The number of nitrogens with zero attached hydrogens (tertiary/aromatic N) is 3. The number of ether oxygens (including phenoxy) is 2. The number of sulfonamides is 1. The van der Waals surface area contributed by atoms with Crippen molar-refractivity contribution in [2.24, 2.45) is 0 Å². The Labute approximate surface area is 186 Å². The Hall–Kier alpha value is -3.08. The topological polar surface area (TPSA) is 112 Å². The quantitative estimate of drug-likeness (QED) is 0.520. The van der Waals surface area contributed by atoms with Crippen molar-refractivity contribution in [2.75, 3.05) is 13.1 Å². The van der Waals surface area contributed by atoms with Crippen LogP contribution in [0.4, 0.5) is 0 Å². The fourth-order valence-electron chi connectivity index (χ4n) is 3.49. The first kappa shape index (κ1) is 22.1. The molecule has 32 heavy (non-hydrogen) atoms. The Bertz CT molecular complexity index is 1190. The van der Waals surface area contributed by atoms with Gasteiger partial charge in [-0.15, -0.1) is 0 Å². The van der Waals surface area contributed by atoms with Crippen LogP contribution in [0.2, 0.25) is 0 Å². The van der Waals surface area contributed by atoms with Crippen LogP contribution in [0.15, 0.2) is 64.0 Å². The van der Waals surface area contributed by atoms with Gasteiger partial charge >= 0.3 is 5.97 Å². The molecule has 4 rings (SSSR count). The number of hydrogen-bond acceptors (Lipinski definition) is 8. The maximum atomic E-state index is 13.1. The highest BCUT2D eigenvalue weighted by Crippen LogP contribution is 2.22. The van der Waals surface area contributed by atoms with Gasteiger partial charge in [0.25, 0.3) is 5.89 Å². The Morgan fingerprint density at radius 3 is 2.53 bits per heavy atom. The van der Waals surface area contributed by atoms with Gasteiger partial charge in [0.2, 0.25) is 15.8 Å². The van der Waals surface area contributed by atoms with Crippen LogP contribution in [0, 0.1) is 0 Å². The Balaban J connectivity index is 1.44. The summed E-state index contributed by atoms with van der Waals surface area (Å²) in [5.41, 5.74) is 0.890. The number of hydrogen-bond donors (Lipinski definition) is 0. The van der Waals surface area contributed by atoms with E-state index in [1.165, 1.54) is 28.6 Å². The van der Waals surface area contributed by atoms with Crippen molar-refractivity contribution in [1.29, 1.82) is 0 Å². The largest absolute Gasteiger partial charge is 0.452 e. The lowest BCUT2D eigenvalue weighted by Crippen LogP contribution is -2.48. The van der Waals surface area contributed by atoms with Gasteiger partial charge < -0.3 is 14.0 Å². The number of benzene rings is 2. The van der Waals surface area contributed by atoms with Gasteiger partial charge in [0, 0.05) is 18.7 Å². The molecule has 1 aromatic heterocycles. The van der Waals surface area contributed by atoms with Crippen molar-refractivity contribution >= 4 is 16.0 Å². The predicted molar refractivity (Wildman–Crippen MR) is 114 cm³/mol. The Morgan fingerprint density at radius 2 is 1.81 bits per heavy atom. The molecule has 0 unspecified atom stereocenters. The summed E-state index contributed by atoms with van der Waals surface area (Å²) in [6.45, 7) is 3.93. The zero-order valence-electron chi connectivity index (χ0n) is 17.7. The minimum absolute atomic E-state index is 0.0254. The molecule has 1 aliphatic heterocycles. The Kier molecular flexibility index (Phi) is 6.35. The third-order valence-corrected chi connectivity index (χ3v) is 6.75. The van der Waals surface area contributed by atoms with E-state index >= 15 is 0 Å². The molecule has 1 saturated heterocycles. The first-order valence-electron chi connectivity index (χ1n) is 10.1.